The summed E-state index contributed by atoms with van der Waals surface area (Å²) in [6.45, 7) is 8.63. The Labute approximate surface area is 191 Å². The number of nitrogens with two attached hydrogens (primary N) is 2. The van der Waals surface area contributed by atoms with E-state index in [-0.39, 0.29) is 0 Å². The zero-order valence-corrected chi connectivity index (χ0v) is 19.8. The third kappa shape index (κ3) is 4.49. The van der Waals surface area contributed by atoms with Gasteiger partial charge < -0.3 is 11.3 Å². The Morgan fingerprint density at radius 2 is 1.43 bits per heavy atom. The first-order valence-electron chi connectivity index (χ1n) is 9.75. The van der Waals surface area contributed by atoms with Crippen LogP contribution in [0.2, 0.25) is 10.0 Å². The molecule has 0 atom stereocenters. The number of nitrogens with one attached hydrogen (secondary N) is 1. The molecule has 0 spiro atoms. The van der Waals surface area contributed by atoms with E-state index in [0.717, 1.165) is 37.0 Å². The van der Waals surface area contributed by atoms with Crippen molar-refractivity contribution < 1.29 is 0 Å². The molecule has 0 saturated heterocycles. The molecule has 0 fully saturated rings. The maximum absolute atomic E-state index is 6.29. The van der Waals surface area contributed by atoms with Crippen molar-refractivity contribution in [1.29, 1.82) is 0 Å². The molecule has 0 aliphatic carbocycles. The lowest BCUT2D eigenvalue weighted by atomic mass is 9.94. The van der Waals surface area contributed by atoms with Crippen molar-refractivity contribution in [3.05, 3.63) is 69.2 Å². The second-order valence-corrected chi connectivity index (χ2v) is 9.67. The number of rotatable bonds is 5. The Morgan fingerprint density at radius 1 is 0.900 bits per heavy atom. The molecule has 1 heterocycles. The van der Waals surface area contributed by atoms with Crippen molar-refractivity contribution in [2.45, 2.75) is 39.5 Å². The highest BCUT2D eigenvalue weighted by molar-refractivity contribution is 7.19. The summed E-state index contributed by atoms with van der Waals surface area (Å²) in [5, 5.41) is 5.32. The molecule has 0 saturated carbocycles. The van der Waals surface area contributed by atoms with Gasteiger partial charge in [0.2, 0.25) is 0 Å². The molecule has 0 bridgehead atoms. The summed E-state index contributed by atoms with van der Waals surface area (Å²) in [4.78, 5) is 2.14. The first-order chi connectivity index (χ1) is 14.3. The molecule has 30 heavy (non-hydrogen) atoms. The van der Waals surface area contributed by atoms with Gasteiger partial charge in [-0.15, -0.1) is 11.3 Å². The van der Waals surface area contributed by atoms with Gasteiger partial charge in [0.1, 0.15) is 0 Å². The van der Waals surface area contributed by atoms with Crippen molar-refractivity contribution in [3.8, 4) is 20.9 Å². The number of halogens is 2. The van der Waals surface area contributed by atoms with Gasteiger partial charge in [-0.05, 0) is 64.4 Å². The molecule has 5 N–H and O–H groups in total. The normalized spacial score (nSPS) is 12.1. The third-order valence-corrected chi connectivity index (χ3v) is 6.71. The molecular formula is C23H26Cl2N4S. The average Bonchev–Trinajstić information content (AvgIpc) is 3.13. The Morgan fingerprint density at radius 3 is 1.93 bits per heavy atom. The van der Waals surface area contributed by atoms with Crippen LogP contribution in [-0.4, -0.2) is 5.84 Å². The fraction of sp³-hybridized carbons (Fsp3) is 0.261. The molecule has 2 aromatic carbocycles. The van der Waals surface area contributed by atoms with E-state index in [2.05, 4.69) is 50.4 Å². The second kappa shape index (κ2) is 9.40. The van der Waals surface area contributed by atoms with E-state index in [1.165, 1.54) is 5.56 Å². The summed E-state index contributed by atoms with van der Waals surface area (Å²) in [5.74, 6) is 12.4. The smallest absolute Gasteiger partial charge is 0.168 e. The third-order valence-electron chi connectivity index (χ3n) is 5.03. The minimum atomic E-state index is 0.294. The molecule has 158 valence electrons. The number of hydrogen-bond acceptors (Lipinski definition) is 4. The van der Waals surface area contributed by atoms with E-state index < -0.39 is 0 Å². The minimum Gasteiger partial charge on any atom is -0.321 e. The van der Waals surface area contributed by atoms with E-state index >= 15 is 0 Å². The van der Waals surface area contributed by atoms with E-state index in [1.54, 1.807) is 11.3 Å². The number of nitrogens with zero attached hydrogens (tertiary/aromatic N) is 1. The predicted octanol–water partition coefficient (Wildman–Crippen LogP) is 6.72. The zero-order chi connectivity index (χ0) is 22.0. The van der Waals surface area contributed by atoms with Crippen LogP contribution in [-0.2, 0) is 0 Å². The van der Waals surface area contributed by atoms with Gasteiger partial charge in [-0.1, -0.05) is 63.0 Å². The summed E-state index contributed by atoms with van der Waals surface area (Å²) in [6, 6.07) is 14.1. The topological polar surface area (TPSA) is 76.4 Å². The van der Waals surface area contributed by atoms with Gasteiger partial charge >= 0.3 is 0 Å². The highest BCUT2D eigenvalue weighted by Crippen LogP contribution is 2.44. The van der Waals surface area contributed by atoms with E-state index in [4.69, 9.17) is 34.9 Å². The first-order valence-corrected chi connectivity index (χ1v) is 11.3. The molecule has 4 nitrogen and oxygen atoms in total. The maximum atomic E-state index is 6.29. The van der Waals surface area contributed by atoms with Crippen molar-refractivity contribution in [3.63, 3.8) is 0 Å². The second-order valence-electron chi connectivity index (χ2n) is 7.75. The minimum absolute atomic E-state index is 0.294. The van der Waals surface area contributed by atoms with Crippen LogP contribution >= 0.6 is 34.5 Å². The number of benzene rings is 2. The Hall–Kier alpha value is -2.05. The lowest BCUT2D eigenvalue weighted by Gasteiger charge is -2.14. The first kappa shape index (κ1) is 22.6. The summed E-state index contributed by atoms with van der Waals surface area (Å²) in [5.41, 5.74) is 8.07. The van der Waals surface area contributed by atoms with Crippen LogP contribution in [0.3, 0.4) is 0 Å². The van der Waals surface area contributed by atoms with Gasteiger partial charge in [-0.3, -0.25) is 0 Å². The van der Waals surface area contributed by atoms with Gasteiger partial charge in [0, 0.05) is 25.4 Å². The molecule has 3 rings (SSSR count). The molecule has 0 radical (unpaired) electrons. The average molecular weight is 461 g/mol. The summed E-state index contributed by atoms with van der Waals surface area (Å²) >= 11 is 14.2. The van der Waals surface area contributed by atoms with Crippen LogP contribution in [0, 0.1) is 0 Å². The monoisotopic (exact) mass is 460 g/mol. The van der Waals surface area contributed by atoms with Crippen molar-refractivity contribution in [1.82, 2.24) is 5.43 Å². The highest BCUT2D eigenvalue weighted by Gasteiger charge is 2.21. The molecule has 0 unspecified atom stereocenters. The predicted molar refractivity (Wildman–Crippen MR) is 131 cm³/mol. The fourth-order valence-electron chi connectivity index (χ4n) is 3.54. The van der Waals surface area contributed by atoms with Crippen LogP contribution in [0.5, 0.6) is 0 Å². The van der Waals surface area contributed by atoms with Gasteiger partial charge in [0.15, 0.2) is 5.84 Å². The van der Waals surface area contributed by atoms with E-state index in [1.807, 2.05) is 30.3 Å². The number of hydrazone groups is 1. The highest BCUT2D eigenvalue weighted by atomic mass is 35.5. The van der Waals surface area contributed by atoms with Crippen LogP contribution in [0.1, 0.15) is 56.2 Å². The number of hydrogen-bond donors (Lipinski definition) is 3. The number of hydrazine groups is 1. The van der Waals surface area contributed by atoms with Crippen molar-refractivity contribution >= 4 is 40.4 Å². The van der Waals surface area contributed by atoms with Gasteiger partial charge in [-0.2, -0.15) is 5.10 Å². The maximum Gasteiger partial charge on any atom is 0.168 e. The summed E-state index contributed by atoms with van der Waals surface area (Å²) in [7, 11) is 0. The quantitative estimate of drug-likeness (QED) is 0.171. The summed E-state index contributed by atoms with van der Waals surface area (Å²) in [6.07, 6.45) is 0. The van der Waals surface area contributed by atoms with Crippen LogP contribution in [0.4, 0.5) is 0 Å². The lowest BCUT2D eigenvalue weighted by Crippen LogP contribution is -2.32. The molecule has 3 aromatic rings. The SMILES string of the molecule is CC(C)c1cc(Cl)ccc1-c1cc(/C(=N/N)NN)c(-c2ccc(Cl)cc2C(C)C)s1. The molecule has 7 heteroatoms. The van der Waals surface area contributed by atoms with Crippen molar-refractivity contribution in [2.75, 3.05) is 0 Å². The van der Waals surface area contributed by atoms with Crippen LogP contribution < -0.4 is 17.1 Å². The van der Waals surface area contributed by atoms with Crippen LogP contribution in [0.25, 0.3) is 20.9 Å². The van der Waals surface area contributed by atoms with E-state index in [9.17, 15) is 0 Å². The Bertz CT molecular complexity index is 1090. The Balaban J connectivity index is 2.30. The lowest BCUT2D eigenvalue weighted by molar-refractivity contribution is 0.869. The Kier molecular flexibility index (Phi) is 7.09. The van der Waals surface area contributed by atoms with Crippen molar-refractivity contribution in [2.24, 2.45) is 16.8 Å². The van der Waals surface area contributed by atoms with Gasteiger partial charge in [0.05, 0.1) is 0 Å². The van der Waals surface area contributed by atoms with Gasteiger partial charge in [0.25, 0.3) is 0 Å². The molecule has 0 aliphatic rings. The molecule has 1 aromatic heterocycles. The fourth-order valence-corrected chi connectivity index (χ4v) is 5.15. The standard InChI is InChI=1S/C23H26Cl2N4S/c1-12(2)18-9-14(24)5-7-16(18)21-11-20(23(28-26)29-27)22(30-21)17-8-6-15(25)10-19(17)13(3)4/h5-13H,26-27H2,1-4H3,(H,28,29). The summed E-state index contributed by atoms with van der Waals surface area (Å²) < 4.78 is 0. The zero-order valence-electron chi connectivity index (χ0n) is 17.5. The largest absolute Gasteiger partial charge is 0.321 e. The number of amidine groups is 1. The molecular weight excluding hydrogens is 435 g/mol. The molecule has 0 aliphatic heterocycles. The van der Waals surface area contributed by atoms with Gasteiger partial charge in [-0.25, -0.2) is 5.84 Å². The molecule has 0 amide bonds. The van der Waals surface area contributed by atoms with Crippen LogP contribution in [0.15, 0.2) is 47.6 Å². The number of thiophene rings is 1. The van der Waals surface area contributed by atoms with E-state index in [0.29, 0.717) is 22.7 Å².